The smallest absolute Gasteiger partial charge is 0.166 e. The first-order valence-corrected chi connectivity index (χ1v) is 11.0. The van der Waals surface area contributed by atoms with Gasteiger partial charge in [-0.15, -0.1) is 0 Å². The van der Waals surface area contributed by atoms with Crippen LogP contribution in [0.2, 0.25) is 0 Å². The maximum Gasteiger partial charge on any atom is 0.166 e. The molecule has 0 atom stereocenters. The molecule has 0 saturated carbocycles. The molecule has 2 N–H and O–H groups in total. The van der Waals surface area contributed by atoms with Gasteiger partial charge in [-0.05, 0) is 42.5 Å². The lowest BCUT2D eigenvalue weighted by Gasteiger charge is -2.07. The number of nitrogens with two attached hydrogens (primary N) is 1. The van der Waals surface area contributed by atoms with E-state index in [-0.39, 0.29) is 0 Å². The molecule has 2 heterocycles. The molecule has 0 aliphatic heterocycles. The molecule has 0 bridgehead atoms. The van der Waals surface area contributed by atoms with E-state index in [1.165, 1.54) is 0 Å². The Morgan fingerprint density at radius 3 is 1.97 bits per heavy atom. The minimum absolute atomic E-state index is 0.651. The lowest BCUT2D eigenvalue weighted by Crippen LogP contribution is -1.99. The number of anilines is 1. The summed E-state index contributed by atoms with van der Waals surface area (Å²) >= 11 is 6.98. The van der Waals surface area contributed by atoms with Gasteiger partial charge in [0.2, 0.25) is 0 Å². The Kier molecular flexibility index (Phi) is 4.89. The number of hydrogen-bond acceptors (Lipinski definition) is 3. The highest BCUT2D eigenvalue weighted by molar-refractivity contribution is 9.10. The molecule has 6 heteroatoms. The molecule has 146 valence electrons. The Morgan fingerprint density at radius 1 is 0.733 bits per heavy atom. The standard InChI is InChI=1S/C24H16Br2N4/c25-17-10-6-15(7-11-17)21-14-20(27)22-23(16-8-12-18(26)13-9-16)29-30(24(22)28-21)19-4-2-1-3-5-19/h1-14H,(H2,27,28). The molecule has 0 spiro atoms. The lowest BCUT2D eigenvalue weighted by atomic mass is 10.1. The molecule has 30 heavy (non-hydrogen) atoms. The van der Waals surface area contributed by atoms with Gasteiger partial charge < -0.3 is 5.73 Å². The third kappa shape index (κ3) is 3.42. The Morgan fingerprint density at radius 2 is 1.33 bits per heavy atom. The van der Waals surface area contributed by atoms with Crippen molar-refractivity contribution < 1.29 is 0 Å². The third-order valence-corrected chi connectivity index (χ3v) is 5.98. The van der Waals surface area contributed by atoms with E-state index in [0.29, 0.717) is 5.69 Å². The Balaban J connectivity index is 1.80. The van der Waals surface area contributed by atoms with Crippen molar-refractivity contribution in [1.29, 1.82) is 0 Å². The molecule has 0 radical (unpaired) electrons. The number of nitrogens with zero attached hydrogens (tertiary/aromatic N) is 3. The van der Waals surface area contributed by atoms with Crippen LogP contribution in [-0.2, 0) is 0 Å². The van der Waals surface area contributed by atoms with Gasteiger partial charge in [-0.25, -0.2) is 9.67 Å². The van der Waals surface area contributed by atoms with Crippen LogP contribution >= 0.6 is 31.9 Å². The van der Waals surface area contributed by atoms with Gasteiger partial charge in [-0.1, -0.05) is 74.3 Å². The van der Waals surface area contributed by atoms with Gasteiger partial charge in [0.15, 0.2) is 5.65 Å². The number of rotatable bonds is 3. The lowest BCUT2D eigenvalue weighted by molar-refractivity contribution is 0.901. The first-order chi connectivity index (χ1) is 14.6. The second-order valence-electron chi connectivity index (χ2n) is 6.91. The van der Waals surface area contributed by atoms with Crippen LogP contribution < -0.4 is 5.73 Å². The normalized spacial score (nSPS) is 11.1. The highest BCUT2D eigenvalue weighted by Crippen LogP contribution is 2.35. The summed E-state index contributed by atoms with van der Waals surface area (Å²) in [7, 11) is 0. The number of halogens is 2. The summed E-state index contributed by atoms with van der Waals surface area (Å²) < 4.78 is 3.90. The predicted molar refractivity (Wildman–Crippen MR) is 130 cm³/mol. The van der Waals surface area contributed by atoms with Crippen LogP contribution in [0.1, 0.15) is 0 Å². The molecule has 0 fully saturated rings. The summed E-state index contributed by atoms with van der Waals surface area (Å²) in [6.45, 7) is 0. The van der Waals surface area contributed by atoms with Crippen LogP contribution in [0.3, 0.4) is 0 Å². The van der Waals surface area contributed by atoms with Crippen LogP contribution in [0.5, 0.6) is 0 Å². The largest absolute Gasteiger partial charge is 0.398 e. The van der Waals surface area contributed by atoms with Crippen LogP contribution in [0, 0.1) is 0 Å². The van der Waals surface area contributed by atoms with E-state index < -0.39 is 0 Å². The number of aromatic nitrogens is 3. The molecule has 5 aromatic rings. The molecule has 4 nitrogen and oxygen atoms in total. The minimum Gasteiger partial charge on any atom is -0.398 e. The first kappa shape index (κ1) is 19.0. The molecule has 5 rings (SSSR count). The quantitative estimate of drug-likeness (QED) is 0.283. The predicted octanol–water partition coefficient (Wildman–Crippen LogP) is 6.86. The third-order valence-electron chi connectivity index (χ3n) is 4.93. The van der Waals surface area contributed by atoms with Crippen molar-refractivity contribution >= 4 is 48.6 Å². The highest BCUT2D eigenvalue weighted by atomic mass is 79.9. The van der Waals surface area contributed by atoms with Crippen molar-refractivity contribution in [3.05, 3.63) is 93.9 Å². The van der Waals surface area contributed by atoms with Gasteiger partial charge in [0.25, 0.3) is 0 Å². The van der Waals surface area contributed by atoms with E-state index in [1.807, 2.05) is 89.6 Å². The average Bonchev–Trinajstić information content (AvgIpc) is 3.15. The molecule has 2 aromatic heterocycles. The van der Waals surface area contributed by atoms with Crippen molar-refractivity contribution in [3.63, 3.8) is 0 Å². The summed E-state index contributed by atoms with van der Waals surface area (Å²) in [6, 6.07) is 28.0. The van der Waals surface area contributed by atoms with E-state index in [2.05, 4.69) is 31.9 Å². The van der Waals surface area contributed by atoms with Crippen molar-refractivity contribution in [2.45, 2.75) is 0 Å². The molecule has 0 saturated heterocycles. The summed E-state index contributed by atoms with van der Waals surface area (Å²) in [5.74, 6) is 0. The summed E-state index contributed by atoms with van der Waals surface area (Å²) in [4.78, 5) is 4.97. The molecule has 0 amide bonds. The Bertz CT molecular complexity index is 1340. The zero-order chi connectivity index (χ0) is 20.7. The van der Waals surface area contributed by atoms with E-state index in [1.54, 1.807) is 0 Å². The van der Waals surface area contributed by atoms with Crippen molar-refractivity contribution in [3.8, 4) is 28.2 Å². The number of pyridine rings is 1. The van der Waals surface area contributed by atoms with Gasteiger partial charge in [0.1, 0.15) is 5.69 Å². The summed E-state index contributed by atoms with van der Waals surface area (Å²) in [5.41, 5.74) is 12.5. The number of nitrogen functional groups attached to an aromatic ring is 1. The Hall–Kier alpha value is -2.96. The van der Waals surface area contributed by atoms with Gasteiger partial charge in [-0.3, -0.25) is 0 Å². The molecule has 0 aliphatic rings. The van der Waals surface area contributed by atoms with Gasteiger partial charge in [0, 0.05) is 25.8 Å². The van der Waals surface area contributed by atoms with Crippen molar-refractivity contribution in [2.75, 3.05) is 5.73 Å². The maximum atomic E-state index is 6.57. The van der Waals surface area contributed by atoms with Gasteiger partial charge in [-0.2, -0.15) is 5.10 Å². The second-order valence-corrected chi connectivity index (χ2v) is 8.74. The topological polar surface area (TPSA) is 56.7 Å². The van der Waals surface area contributed by atoms with E-state index >= 15 is 0 Å². The monoisotopic (exact) mass is 518 g/mol. The second kappa shape index (κ2) is 7.70. The van der Waals surface area contributed by atoms with Crippen molar-refractivity contribution in [2.24, 2.45) is 0 Å². The van der Waals surface area contributed by atoms with E-state index in [4.69, 9.17) is 15.8 Å². The SMILES string of the molecule is Nc1cc(-c2ccc(Br)cc2)nc2c1c(-c1ccc(Br)cc1)nn2-c1ccccc1. The summed E-state index contributed by atoms with van der Waals surface area (Å²) in [5, 5.41) is 5.77. The highest BCUT2D eigenvalue weighted by Gasteiger charge is 2.19. The fourth-order valence-corrected chi connectivity index (χ4v) is 4.00. The molecule has 0 aliphatic carbocycles. The van der Waals surface area contributed by atoms with Crippen LogP contribution in [0.4, 0.5) is 5.69 Å². The molecule has 0 unspecified atom stereocenters. The number of para-hydroxylation sites is 1. The van der Waals surface area contributed by atoms with E-state index in [0.717, 1.165) is 48.2 Å². The van der Waals surface area contributed by atoms with Crippen LogP contribution in [0.15, 0.2) is 93.9 Å². The minimum atomic E-state index is 0.651. The zero-order valence-electron chi connectivity index (χ0n) is 15.8. The summed E-state index contributed by atoms with van der Waals surface area (Å²) in [6.07, 6.45) is 0. The average molecular weight is 520 g/mol. The molecular weight excluding hydrogens is 504 g/mol. The van der Waals surface area contributed by atoms with Crippen LogP contribution in [0.25, 0.3) is 39.2 Å². The number of fused-ring (bicyclic) bond motifs is 1. The molecular formula is C24H16Br2N4. The number of hydrogen-bond donors (Lipinski definition) is 1. The maximum absolute atomic E-state index is 6.57. The van der Waals surface area contributed by atoms with Gasteiger partial charge >= 0.3 is 0 Å². The van der Waals surface area contributed by atoms with Gasteiger partial charge in [0.05, 0.1) is 16.8 Å². The number of benzene rings is 3. The molecule has 3 aromatic carbocycles. The van der Waals surface area contributed by atoms with Crippen molar-refractivity contribution in [1.82, 2.24) is 14.8 Å². The zero-order valence-corrected chi connectivity index (χ0v) is 18.9. The van der Waals surface area contributed by atoms with Crippen LogP contribution in [-0.4, -0.2) is 14.8 Å². The van der Waals surface area contributed by atoms with E-state index in [9.17, 15) is 0 Å². The first-order valence-electron chi connectivity index (χ1n) is 9.37. The fraction of sp³-hybridized carbons (Fsp3) is 0. The Labute approximate surface area is 190 Å². The fourth-order valence-electron chi connectivity index (χ4n) is 3.47.